The molecule has 0 atom stereocenters. The molecule has 0 spiro atoms. The number of hydrazone groups is 1. The van der Waals surface area contributed by atoms with Gasteiger partial charge in [0.15, 0.2) is 0 Å². The van der Waals surface area contributed by atoms with Crippen LogP contribution in [0.1, 0.15) is 21.5 Å². The summed E-state index contributed by atoms with van der Waals surface area (Å²) >= 11 is 0. The molecule has 154 valence electrons. The van der Waals surface area contributed by atoms with E-state index in [0.29, 0.717) is 11.3 Å². The van der Waals surface area contributed by atoms with E-state index in [9.17, 15) is 18.0 Å². The molecule has 3 aromatic carbocycles. The molecular formula is C22H17F3N2O3. The Morgan fingerprint density at radius 2 is 1.70 bits per heavy atom. The van der Waals surface area contributed by atoms with Crippen molar-refractivity contribution < 1.29 is 27.4 Å². The molecule has 0 aromatic heterocycles. The third kappa shape index (κ3) is 6.10. The third-order valence-electron chi connectivity index (χ3n) is 3.92. The predicted octanol–water partition coefficient (Wildman–Crippen LogP) is 4.77. The molecule has 0 saturated carbocycles. The van der Waals surface area contributed by atoms with Crippen LogP contribution in [-0.2, 0) is 6.61 Å². The van der Waals surface area contributed by atoms with Crippen LogP contribution in [0.25, 0.3) is 0 Å². The smallest absolute Gasteiger partial charge is 0.387 e. The van der Waals surface area contributed by atoms with Crippen LogP contribution in [0.2, 0.25) is 0 Å². The molecule has 0 heterocycles. The minimum absolute atomic E-state index is 0.0263. The maximum absolute atomic E-state index is 13.0. The molecule has 0 fully saturated rings. The Morgan fingerprint density at radius 3 is 2.40 bits per heavy atom. The zero-order valence-corrected chi connectivity index (χ0v) is 15.6. The maximum atomic E-state index is 13.0. The zero-order chi connectivity index (χ0) is 21.3. The lowest BCUT2D eigenvalue weighted by Gasteiger charge is -2.10. The molecule has 0 aliphatic heterocycles. The first-order valence-corrected chi connectivity index (χ1v) is 8.86. The van der Waals surface area contributed by atoms with Gasteiger partial charge in [0.2, 0.25) is 0 Å². The Bertz CT molecular complexity index is 1010. The average molecular weight is 414 g/mol. The number of rotatable bonds is 8. The molecule has 0 bridgehead atoms. The summed E-state index contributed by atoms with van der Waals surface area (Å²) in [6, 6.07) is 18.3. The summed E-state index contributed by atoms with van der Waals surface area (Å²) in [6.07, 6.45) is 1.37. The average Bonchev–Trinajstić information content (AvgIpc) is 2.74. The van der Waals surface area contributed by atoms with Gasteiger partial charge in [-0.05, 0) is 59.7 Å². The van der Waals surface area contributed by atoms with E-state index >= 15 is 0 Å². The molecule has 0 radical (unpaired) electrons. The van der Waals surface area contributed by atoms with E-state index in [1.54, 1.807) is 36.4 Å². The van der Waals surface area contributed by atoms with Gasteiger partial charge < -0.3 is 9.47 Å². The van der Waals surface area contributed by atoms with Gasteiger partial charge in [0, 0.05) is 0 Å². The molecule has 0 aliphatic rings. The van der Waals surface area contributed by atoms with Gasteiger partial charge in [-0.15, -0.1) is 0 Å². The second kappa shape index (κ2) is 10.1. The number of nitrogens with zero attached hydrogens (tertiary/aromatic N) is 1. The quantitative estimate of drug-likeness (QED) is 0.427. The second-order valence-electron chi connectivity index (χ2n) is 6.06. The minimum Gasteiger partial charge on any atom is -0.488 e. The number of halogens is 3. The van der Waals surface area contributed by atoms with E-state index in [1.165, 1.54) is 42.6 Å². The van der Waals surface area contributed by atoms with E-state index in [2.05, 4.69) is 15.3 Å². The van der Waals surface area contributed by atoms with E-state index < -0.39 is 12.5 Å². The van der Waals surface area contributed by atoms with Gasteiger partial charge in [-0.2, -0.15) is 13.9 Å². The first-order chi connectivity index (χ1) is 14.5. The monoisotopic (exact) mass is 414 g/mol. The number of nitrogens with one attached hydrogen (secondary N) is 1. The number of benzene rings is 3. The van der Waals surface area contributed by atoms with E-state index in [1.807, 2.05) is 0 Å². The molecule has 3 rings (SSSR count). The Labute approximate surface area is 170 Å². The molecular weight excluding hydrogens is 397 g/mol. The summed E-state index contributed by atoms with van der Waals surface area (Å²) in [7, 11) is 0. The van der Waals surface area contributed by atoms with Crippen LogP contribution in [0.15, 0.2) is 77.9 Å². The number of ether oxygens (including phenoxy) is 2. The van der Waals surface area contributed by atoms with Crippen molar-refractivity contribution in [3.05, 3.63) is 95.3 Å². The predicted molar refractivity (Wildman–Crippen MR) is 105 cm³/mol. The Balaban J connectivity index is 1.60. The molecule has 8 heteroatoms. The molecule has 1 N–H and O–H groups in total. The molecule has 1 amide bonds. The highest BCUT2D eigenvalue weighted by Crippen LogP contribution is 2.19. The number of alkyl halides is 2. The minimum atomic E-state index is -2.89. The van der Waals surface area contributed by atoms with Crippen molar-refractivity contribution in [1.29, 1.82) is 0 Å². The lowest BCUT2D eigenvalue weighted by molar-refractivity contribution is -0.0498. The van der Waals surface area contributed by atoms with Gasteiger partial charge in [-0.3, -0.25) is 4.79 Å². The van der Waals surface area contributed by atoms with Crippen molar-refractivity contribution in [2.45, 2.75) is 13.2 Å². The summed E-state index contributed by atoms with van der Waals surface area (Å²) in [5, 5.41) is 3.87. The highest BCUT2D eigenvalue weighted by atomic mass is 19.3. The molecule has 0 unspecified atom stereocenters. The molecule has 3 aromatic rings. The van der Waals surface area contributed by atoms with Crippen molar-refractivity contribution in [2.75, 3.05) is 0 Å². The van der Waals surface area contributed by atoms with Crippen molar-refractivity contribution in [1.82, 2.24) is 5.43 Å². The van der Waals surface area contributed by atoms with Gasteiger partial charge in [0.25, 0.3) is 5.91 Å². The number of hydrogen-bond acceptors (Lipinski definition) is 4. The fourth-order valence-electron chi connectivity index (χ4n) is 2.48. The van der Waals surface area contributed by atoms with Crippen molar-refractivity contribution in [3.8, 4) is 11.5 Å². The SMILES string of the molecule is O=C(NN=Cc1ccc(OC(F)F)cc1)c1ccccc1OCc1ccc(F)cc1. The van der Waals surface area contributed by atoms with Crippen LogP contribution < -0.4 is 14.9 Å². The number of amides is 1. The summed E-state index contributed by atoms with van der Waals surface area (Å²) < 4.78 is 47.2. The molecule has 5 nitrogen and oxygen atoms in total. The molecule has 0 saturated heterocycles. The summed E-state index contributed by atoms with van der Waals surface area (Å²) in [6.45, 7) is -2.73. The normalized spacial score (nSPS) is 10.9. The van der Waals surface area contributed by atoms with Crippen LogP contribution in [-0.4, -0.2) is 18.7 Å². The fraction of sp³-hybridized carbons (Fsp3) is 0.0909. The fourth-order valence-corrected chi connectivity index (χ4v) is 2.48. The van der Waals surface area contributed by atoms with Crippen molar-refractivity contribution in [2.24, 2.45) is 5.10 Å². The Hall–Kier alpha value is -3.81. The lowest BCUT2D eigenvalue weighted by Crippen LogP contribution is -2.18. The lowest BCUT2D eigenvalue weighted by atomic mass is 10.2. The van der Waals surface area contributed by atoms with Crippen LogP contribution >= 0.6 is 0 Å². The number of carbonyl (C=O) groups excluding carboxylic acids is 1. The highest BCUT2D eigenvalue weighted by Gasteiger charge is 2.11. The van der Waals surface area contributed by atoms with Gasteiger partial charge in [0.1, 0.15) is 23.9 Å². The number of para-hydroxylation sites is 1. The zero-order valence-electron chi connectivity index (χ0n) is 15.6. The van der Waals surface area contributed by atoms with Crippen molar-refractivity contribution in [3.63, 3.8) is 0 Å². The van der Waals surface area contributed by atoms with Gasteiger partial charge >= 0.3 is 6.61 Å². The summed E-state index contributed by atoms with van der Waals surface area (Å²) in [5.41, 5.74) is 4.00. The Kier molecular flexibility index (Phi) is 7.05. The third-order valence-corrected chi connectivity index (χ3v) is 3.92. The van der Waals surface area contributed by atoms with Gasteiger partial charge in [-0.1, -0.05) is 24.3 Å². The number of hydrogen-bond donors (Lipinski definition) is 1. The first-order valence-electron chi connectivity index (χ1n) is 8.86. The molecule has 30 heavy (non-hydrogen) atoms. The van der Waals surface area contributed by atoms with Gasteiger partial charge in [0.05, 0.1) is 11.8 Å². The van der Waals surface area contributed by atoms with Crippen LogP contribution in [0.3, 0.4) is 0 Å². The van der Waals surface area contributed by atoms with Gasteiger partial charge in [-0.25, -0.2) is 9.82 Å². The highest BCUT2D eigenvalue weighted by molar-refractivity contribution is 5.97. The summed E-state index contributed by atoms with van der Waals surface area (Å²) in [4.78, 5) is 12.4. The second-order valence-corrected chi connectivity index (χ2v) is 6.06. The standard InChI is InChI=1S/C22H17F3N2O3/c23-17-9-5-16(6-10-17)14-29-20-4-2-1-3-19(20)21(28)27-26-13-15-7-11-18(12-8-15)30-22(24)25/h1-13,22H,14H2,(H,27,28). The van der Waals surface area contributed by atoms with Crippen molar-refractivity contribution >= 4 is 12.1 Å². The van der Waals surface area contributed by atoms with E-state index in [0.717, 1.165) is 5.56 Å². The number of carbonyl (C=O) groups is 1. The maximum Gasteiger partial charge on any atom is 0.387 e. The van der Waals surface area contributed by atoms with E-state index in [4.69, 9.17) is 4.74 Å². The first kappa shape index (κ1) is 20.9. The van der Waals surface area contributed by atoms with E-state index in [-0.39, 0.29) is 23.7 Å². The topological polar surface area (TPSA) is 59.9 Å². The largest absolute Gasteiger partial charge is 0.488 e. The van der Waals surface area contributed by atoms with Crippen LogP contribution in [0.4, 0.5) is 13.2 Å². The summed E-state index contributed by atoms with van der Waals surface area (Å²) in [5.74, 6) is -0.451. The molecule has 0 aliphatic carbocycles. The Morgan fingerprint density at radius 1 is 1.00 bits per heavy atom. The van der Waals surface area contributed by atoms with Crippen LogP contribution in [0, 0.1) is 5.82 Å². The van der Waals surface area contributed by atoms with Crippen LogP contribution in [0.5, 0.6) is 11.5 Å².